The Morgan fingerprint density at radius 2 is 1.50 bits per heavy atom. The van der Waals surface area contributed by atoms with Crippen LogP contribution in [0.15, 0.2) is 42.5 Å². The third-order valence-corrected chi connectivity index (χ3v) is 3.02. The highest BCUT2D eigenvalue weighted by molar-refractivity contribution is 7.80. The molecule has 0 saturated carbocycles. The van der Waals surface area contributed by atoms with Crippen molar-refractivity contribution in [3.05, 3.63) is 59.2 Å². The van der Waals surface area contributed by atoms with E-state index in [1.165, 1.54) is 16.7 Å². The first-order chi connectivity index (χ1) is 9.52. The van der Waals surface area contributed by atoms with Gasteiger partial charge in [-0.1, -0.05) is 18.2 Å². The molecular formula is C16H19N3S. The molecule has 2 rings (SSSR count). The zero-order valence-electron chi connectivity index (χ0n) is 11.9. The van der Waals surface area contributed by atoms with Crippen LogP contribution in [0.3, 0.4) is 0 Å². The van der Waals surface area contributed by atoms with Crippen molar-refractivity contribution < 1.29 is 0 Å². The van der Waals surface area contributed by atoms with Crippen LogP contribution < -0.4 is 16.2 Å². The van der Waals surface area contributed by atoms with Crippen LogP contribution in [0, 0.1) is 20.8 Å². The summed E-state index contributed by atoms with van der Waals surface area (Å²) in [5.41, 5.74) is 11.7. The Morgan fingerprint density at radius 3 is 2.15 bits per heavy atom. The quantitative estimate of drug-likeness (QED) is 0.590. The number of hydrazine groups is 1. The molecular weight excluding hydrogens is 266 g/mol. The van der Waals surface area contributed by atoms with Crippen LogP contribution >= 0.6 is 12.2 Å². The molecule has 3 nitrogen and oxygen atoms in total. The topological polar surface area (TPSA) is 36.1 Å². The lowest BCUT2D eigenvalue weighted by molar-refractivity contribution is 1.13. The second kappa shape index (κ2) is 6.39. The summed E-state index contributed by atoms with van der Waals surface area (Å²) in [5, 5.41) is 3.70. The number of nitrogens with one attached hydrogen (secondary N) is 3. The van der Waals surface area contributed by atoms with E-state index >= 15 is 0 Å². The predicted octanol–water partition coefficient (Wildman–Crippen LogP) is 3.93. The van der Waals surface area contributed by atoms with Gasteiger partial charge in [0.2, 0.25) is 0 Å². The van der Waals surface area contributed by atoms with Crippen LogP contribution in [0.1, 0.15) is 16.7 Å². The number of hydrogen-bond donors (Lipinski definition) is 3. The van der Waals surface area contributed by atoms with Crippen LogP contribution in [0.4, 0.5) is 11.4 Å². The van der Waals surface area contributed by atoms with Crippen molar-refractivity contribution in [2.45, 2.75) is 20.8 Å². The number of rotatable bonds is 3. The summed E-state index contributed by atoms with van der Waals surface area (Å²) in [6.45, 7) is 6.19. The summed E-state index contributed by atoms with van der Waals surface area (Å²) in [5.74, 6) is 0. The summed E-state index contributed by atoms with van der Waals surface area (Å²) in [6.07, 6.45) is 0. The Balaban J connectivity index is 1.92. The highest BCUT2D eigenvalue weighted by Crippen LogP contribution is 2.13. The van der Waals surface area contributed by atoms with Crippen LogP contribution in [0.5, 0.6) is 0 Å². The fraction of sp³-hybridized carbons (Fsp3) is 0.188. The highest BCUT2D eigenvalue weighted by Gasteiger charge is 1.99. The van der Waals surface area contributed by atoms with E-state index in [2.05, 4.69) is 61.2 Å². The molecule has 104 valence electrons. The Kier molecular flexibility index (Phi) is 4.58. The Bertz CT molecular complexity index is 603. The maximum atomic E-state index is 5.27. The van der Waals surface area contributed by atoms with E-state index in [-0.39, 0.29) is 0 Å². The molecule has 0 fully saturated rings. The smallest absolute Gasteiger partial charge is 0.189 e. The molecule has 0 spiro atoms. The summed E-state index contributed by atoms with van der Waals surface area (Å²) in [4.78, 5) is 0. The molecule has 2 aromatic rings. The first-order valence-electron chi connectivity index (χ1n) is 6.51. The second-order valence-corrected chi connectivity index (χ2v) is 5.36. The van der Waals surface area contributed by atoms with Crippen molar-refractivity contribution in [3.8, 4) is 0 Å². The molecule has 0 aliphatic heterocycles. The number of benzene rings is 2. The lowest BCUT2D eigenvalue weighted by Gasteiger charge is -2.13. The third kappa shape index (κ3) is 4.24. The zero-order chi connectivity index (χ0) is 14.5. The van der Waals surface area contributed by atoms with Gasteiger partial charge in [0.1, 0.15) is 0 Å². The minimum Gasteiger partial charge on any atom is -0.331 e. The average Bonchev–Trinajstić information content (AvgIpc) is 2.35. The molecule has 0 bridgehead atoms. The minimum absolute atomic E-state index is 0.538. The van der Waals surface area contributed by atoms with Gasteiger partial charge in [0.05, 0.1) is 5.69 Å². The van der Waals surface area contributed by atoms with Gasteiger partial charge in [-0.15, -0.1) is 0 Å². The molecule has 0 heterocycles. The van der Waals surface area contributed by atoms with Crippen molar-refractivity contribution in [3.63, 3.8) is 0 Å². The SMILES string of the molecule is Cc1cccc(NNC(=S)Nc2cc(C)cc(C)c2)c1. The van der Waals surface area contributed by atoms with E-state index in [1.54, 1.807) is 0 Å². The third-order valence-electron chi connectivity index (χ3n) is 2.82. The summed E-state index contributed by atoms with van der Waals surface area (Å²) in [7, 11) is 0. The first-order valence-corrected chi connectivity index (χ1v) is 6.92. The van der Waals surface area contributed by atoms with Gasteiger partial charge < -0.3 is 5.32 Å². The van der Waals surface area contributed by atoms with E-state index < -0.39 is 0 Å². The van der Waals surface area contributed by atoms with Gasteiger partial charge in [-0.25, -0.2) is 0 Å². The highest BCUT2D eigenvalue weighted by atomic mass is 32.1. The molecule has 20 heavy (non-hydrogen) atoms. The van der Waals surface area contributed by atoms with Gasteiger partial charge in [0, 0.05) is 5.69 Å². The lowest BCUT2D eigenvalue weighted by atomic mass is 10.1. The van der Waals surface area contributed by atoms with Gasteiger partial charge in [0.25, 0.3) is 0 Å². The molecule has 0 saturated heterocycles. The summed E-state index contributed by atoms with van der Waals surface area (Å²) in [6, 6.07) is 14.3. The van der Waals surface area contributed by atoms with Gasteiger partial charge >= 0.3 is 0 Å². The monoisotopic (exact) mass is 285 g/mol. The molecule has 0 unspecified atom stereocenters. The van der Waals surface area contributed by atoms with E-state index in [9.17, 15) is 0 Å². The summed E-state index contributed by atoms with van der Waals surface area (Å²) < 4.78 is 0. The van der Waals surface area contributed by atoms with Crippen molar-refractivity contribution in [2.24, 2.45) is 0 Å². The molecule has 3 N–H and O–H groups in total. The Morgan fingerprint density at radius 1 is 0.850 bits per heavy atom. The molecule has 0 aliphatic carbocycles. The van der Waals surface area contributed by atoms with E-state index in [0.717, 1.165) is 11.4 Å². The Hall–Kier alpha value is -2.07. The first kappa shape index (κ1) is 14.3. The average molecular weight is 285 g/mol. The number of thiocarbonyl (C=S) groups is 1. The van der Waals surface area contributed by atoms with Gasteiger partial charge in [-0.3, -0.25) is 10.9 Å². The minimum atomic E-state index is 0.538. The second-order valence-electron chi connectivity index (χ2n) is 4.95. The largest absolute Gasteiger partial charge is 0.331 e. The van der Waals surface area contributed by atoms with Gasteiger partial charge in [-0.2, -0.15) is 0 Å². The molecule has 0 radical (unpaired) electrons. The van der Waals surface area contributed by atoms with E-state index in [0.29, 0.717) is 5.11 Å². The fourth-order valence-electron chi connectivity index (χ4n) is 2.06. The molecule has 2 aromatic carbocycles. The fourth-order valence-corrected chi connectivity index (χ4v) is 2.23. The van der Waals surface area contributed by atoms with E-state index in [1.807, 2.05) is 18.2 Å². The van der Waals surface area contributed by atoms with Gasteiger partial charge in [-0.05, 0) is 73.9 Å². The van der Waals surface area contributed by atoms with Gasteiger partial charge in [0.15, 0.2) is 5.11 Å². The molecule has 0 aromatic heterocycles. The van der Waals surface area contributed by atoms with Crippen LogP contribution in [-0.4, -0.2) is 5.11 Å². The maximum absolute atomic E-state index is 5.27. The summed E-state index contributed by atoms with van der Waals surface area (Å²) >= 11 is 5.27. The van der Waals surface area contributed by atoms with Crippen LogP contribution in [0.25, 0.3) is 0 Å². The van der Waals surface area contributed by atoms with Crippen LogP contribution in [-0.2, 0) is 0 Å². The van der Waals surface area contributed by atoms with Crippen molar-refractivity contribution in [1.82, 2.24) is 5.43 Å². The predicted molar refractivity (Wildman–Crippen MR) is 90.1 cm³/mol. The number of anilines is 2. The van der Waals surface area contributed by atoms with Crippen molar-refractivity contribution in [1.29, 1.82) is 0 Å². The normalized spacial score (nSPS) is 9.95. The number of aryl methyl sites for hydroxylation is 3. The van der Waals surface area contributed by atoms with Crippen LogP contribution in [0.2, 0.25) is 0 Å². The Labute approximate surface area is 125 Å². The molecule has 0 aliphatic rings. The molecule has 0 amide bonds. The number of hydrogen-bond acceptors (Lipinski definition) is 2. The lowest BCUT2D eigenvalue weighted by Crippen LogP contribution is -2.33. The maximum Gasteiger partial charge on any atom is 0.189 e. The standard InChI is InChI=1S/C16H19N3S/c1-11-5-4-6-14(8-11)18-19-16(20)17-15-9-12(2)7-13(3)10-15/h4-10,18H,1-3H3,(H2,17,19,20). The van der Waals surface area contributed by atoms with Crippen molar-refractivity contribution in [2.75, 3.05) is 10.7 Å². The zero-order valence-corrected chi connectivity index (χ0v) is 12.8. The van der Waals surface area contributed by atoms with E-state index in [4.69, 9.17) is 12.2 Å². The van der Waals surface area contributed by atoms with Crippen molar-refractivity contribution >= 4 is 28.7 Å². The molecule has 0 atom stereocenters. The molecule has 4 heteroatoms.